The van der Waals surface area contributed by atoms with E-state index in [2.05, 4.69) is 0 Å². The van der Waals surface area contributed by atoms with Gasteiger partial charge in [0, 0.05) is 38.0 Å². The van der Waals surface area contributed by atoms with E-state index in [0.717, 1.165) is 11.3 Å². The van der Waals surface area contributed by atoms with E-state index in [1.807, 2.05) is 43.3 Å². The molecule has 2 N–H and O–H groups in total. The molecule has 25 heavy (non-hydrogen) atoms. The molecule has 0 saturated carbocycles. The number of rotatable bonds is 4. The number of aromatic hydroxyl groups is 1. The quantitative estimate of drug-likeness (QED) is 0.763. The van der Waals surface area contributed by atoms with Gasteiger partial charge in [-0.3, -0.25) is 9.20 Å². The molecule has 0 bridgehead atoms. The molecule has 0 fully saturated rings. The SMILES string of the molecule is CN(C)c1ccc(Cc2c(=O)c(C(=O)O)c(O)n3ccccc23)cc1. The van der Waals surface area contributed by atoms with Gasteiger partial charge in [-0.1, -0.05) is 18.2 Å². The van der Waals surface area contributed by atoms with Crippen molar-refractivity contribution in [3.05, 3.63) is 75.6 Å². The maximum atomic E-state index is 12.7. The van der Waals surface area contributed by atoms with Crippen molar-refractivity contribution in [3.8, 4) is 5.88 Å². The zero-order valence-corrected chi connectivity index (χ0v) is 13.9. The van der Waals surface area contributed by atoms with Crippen LogP contribution in [0.5, 0.6) is 5.88 Å². The third-order valence-corrected chi connectivity index (χ3v) is 4.17. The van der Waals surface area contributed by atoms with E-state index in [0.29, 0.717) is 11.1 Å². The van der Waals surface area contributed by atoms with Crippen molar-refractivity contribution < 1.29 is 15.0 Å². The van der Waals surface area contributed by atoms with Gasteiger partial charge in [-0.15, -0.1) is 0 Å². The molecule has 3 rings (SSSR count). The Labute approximate surface area is 144 Å². The fourth-order valence-corrected chi connectivity index (χ4v) is 2.84. The molecule has 3 aromatic rings. The van der Waals surface area contributed by atoms with Gasteiger partial charge in [0.2, 0.25) is 11.3 Å². The van der Waals surface area contributed by atoms with Crippen LogP contribution in [-0.4, -0.2) is 34.7 Å². The van der Waals surface area contributed by atoms with Crippen molar-refractivity contribution in [1.82, 2.24) is 4.40 Å². The molecular formula is C19H18N2O4. The normalized spacial score (nSPS) is 10.8. The molecule has 6 nitrogen and oxygen atoms in total. The maximum absolute atomic E-state index is 12.7. The summed E-state index contributed by atoms with van der Waals surface area (Å²) < 4.78 is 1.33. The first-order chi connectivity index (χ1) is 11.9. The number of anilines is 1. The molecule has 0 saturated heterocycles. The Morgan fingerprint density at radius 1 is 1.12 bits per heavy atom. The number of carbonyl (C=O) groups is 1. The highest BCUT2D eigenvalue weighted by Gasteiger charge is 2.22. The van der Waals surface area contributed by atoms with Crippen molar-refractivity contribution in [3.63, 3.8) is 0 Å². The van der Waals surface area contributed by atoms with E-state index in [1.165, 1.54) is 10.6 Å². The Hall–Kier alpha value is -3.28. The fraction of sp³-hybridized carbons (Fsp3) is 0.158. The predicted molar refractivity (Wildman–Crippen MR) is 95.9 cm³/mol. The smallest absolute Gasteiger partial charge is 0.345 e. The molecule has 0 aliphatic rings. The van der Waals surface area contributed by atoms with Crippen LogP contribution >= 0.6 is 0 Å². The molecule has 128 valence electrons. The maximum Gasteiger partial charge on any atom is 0.345 e. The van der Waals surface area contributed by atoms with Gasteiger partial charge in [0.25, 0.3) is 0 Å². The largest absolute Gasteiger partial charge is 0.493 e. The Morgan fingerprint density at radius 3 is 2.40 bits per heavy atom. The average Bonchev–Trinajstić information content (AvgIpc) is 2.59. The molecular weight excluding hydrogens is 320 g/mol. The van der Waals surface area contributed by atoms with Gasteiger partial charge in [-0.05, 0) is 29.8 Å². The zero-order chi connectivity index (χ0) is 18.1. The second-order valence-corrected chi connectivity index (χ2v) is 6.00. The van der Waals surface area contributed by atoms with Crippen LogP contribution in [0.3, 0.4) is 0 Å². The number of hydrogen-bond donors (Lipinski definition) is 2. The molecule has 0 atom stereocenters. The highest BCUT2D eigenvalue weighted by Crippen LogP contribution is 2.22. The molecule has 0 aliphatic carbocycles. The molecule has 0 radical (unpaired) electrons. The van der Waals surface area contributed by atoms with E-state index >= 15 is 0 Å². The van der Waals surface area contributed by atoms with Gasteiger partial charge in [0.05, 0.1) is 5.52 Å². The predicted octanol–water partition coefficient (Wildman–Crippen LogP) is 2.36. The van der Waals surface area contributed by atoms with Crippen LogP contribution in [-0.2, 0) is 6.42 Å². The average molecular weight is 338 g/mol. The van der Waals surface area contributed by atoms with E-state index < -0.39 is 22.8 Å². The van der Waals surface area contributed by atoms with Gasteiger partial charge >= 0.3 is 5.97 Å². The van der Waals surface area contributed by atoms with Crippen LogP contribution in [0.4, 0.5) is 5.69 Å². The van der Waals surface area contributed by atoms with E-state index in [4.69, 9.17) is 0 Å². The summed E-state index contributed by atoms with van der Waals surface area (Å²) in [4.78, 5) is 26.1. The van der Waals surface area contributed by atoms with E-state index in [1.54, 1.807) is 18.2 Å². The van der Waals surface area contributed by atoms with Crippen molar-refractivity contribution in [2.24, 2.45) is 0 Å². The third kappa shape index (κ3) is 2.94. The van der Waals surface area contributed by atoms with Crippen LogP contribution in [0, 0.1) is 0 Å². The topological polar surface area (TPSA) is 82.2 Å². The first-order valence-electron chi connectivity index (χ1n) is 7.75. The van der Waals surface area contributed by atoms with Crippen molar-refractivity contribution in [1.29, 1.82) is 0 Å². The first-order valence-corrected chi connectivity index (χ1v) is 7.75. The van der Waals surface area contributed by atoms with E-state index in [9.17, 15) is 19.8 Å². The standard InChI is InChI=1S/C19H18N2O4/c1-20(2)13-8-6-12(7-9-13)11-14-15-5-3-4-10-21(15)18(23)16(17(14)22)19(24)25/h3-10,23H,11H2,1-2H3,(H,24,25). The van der Waals surface area contributed by atoms with Crippen LogP contribution in [0.25, 0.3) is 5.52 Å². The van der Waals surface area contributed by atoms with Crippen molar-refractivity contribution >= 4 is 17.2 Å². The molecule has 0 aliphatic heterocycles. The molecule has 2 heterocycles. The second-order valence-electron chi connectivity index (χ2n) is 6.00. The number of hydrogen-bond acceptors (Lipinski definition) is 4. The van der Waals surface area contributed by atoms with Crippen LogP contribution in [0.15, 0.2) is 53.5 Å². The summed E-state index contributed by atoms with van der Waals surface area (Å²) in [6, 6.07) is 12.8. The summed E-state index contributed by atoms with van der Waals surface area (Å²) >= 11 is 0. The third-order valence-electron chi connectivity index (χ3n) is 4.17. The summed E-state index contributed by atoms with van der Waals surface area (Å²) in [5.74, 6) is -2.00. The van der Waals surface area contributed by atoms with Crippen LogP contribution in [0.1, 0.15) is 21.5 Å². The fourth-order valence-electron chi connectivity index (χ4n) is 2.84. The number of pyridine rings is 2. The van der Waals surface area contributed by atoms with Gasteiger partial charge in [0.1, 0.15) is 0 Å². The molecule has 6 heteroatoms. The number of nitrogens with zero attached hydrogens (tertiary/aromatic N) is 2. The summed E-state index contributed by atoms with van der Waals surface area (Å²) in [7, 11) is 3.88. The second kappa shape index (κ2) is 6.32. The number of aromatic carboxylic acids is 1. The van der Waals surface area contributed by atoms with Gasteiger partial charge < -0.3 is 15.1 Å². The Kier molecular flexibility index (Phi) is 4.19. The lowest BCUT2D eigenvalue weighted by Crippen LogP contribution is -2.22. The zero-order valence-electron chi connectivity index (χ0n) is 13.9. The highest BCUT2D eigenvalue weighted by atomic mass is 16.4. The van der Waals surface area contributed by atoms with Crippen molar-refractivity contribution in [2.75, 3.05) is 19.0 Å². The van der Waals surface area contributed by atoms with E-state index in [-0.39, 0.29) is 6.42 Å². The summed E-state index contributed by atoms with van der Waals surface area (Å²) in [6.07, 6.45) is 1.82. The summed E-state index contributed by atoms with van der Waals surface area (Å²) in [5.41, 5.74) is 1.48. The molecule has 2 aromatic heterocycles. The molecule has 0 amide bonds. The summed E-state index contributed by atoms with van der Waals surface area (Å²) in [5, 5.41) is 19.5. The Morgan fingerprint density at radius 2 is 1.80 bits per heavy atom. The highest BCUT2D eigenvalue weighted by molar-refractivity contribution is 5.91. The number of carboxylic acids is 1. The van der Waals surface area contributed by atoms with Gasteiger partial charge in [0.15, 0.2) is 5.56 Å². The molecule has 1 aromatic carbocycles. The number of aromatic nitrogens is 1. The minimum Gasteiger partial charge on any atom is -0.493 e. The molecule has 0 spiro atoms. The number of carboxylic acid groups (broad SMARTS) is 1. The number of fused-ring (bicyclic) bond motifs is 1. The Balaban J connectivity index is 2.18. The van der Waals surface area contributed by atoms with Gasteiger partial charge in [-0.25, -0.2) is 4.79 Å². The molecule has 0 unspecified atom stereocenters. The van der Waals surface area contributed by atoms with Gasteiger partial charge in [-0.2, -0.15) is 0 Å². The number of benzene rings is 1. The van der Waals surface area contributed by atoms with Crippen LogP contribution in [0.2, 0.25) is 0 Å². The lowest BCUT2D eigenvalue weighted by molar-refractivity contribution is 0.0691. The first kappa shape index (κ1) is 16.6. The Bertz CT molecular complexity index is 1000. The monoisotopic (exact) mass is 338 g/mol. The van der Waals surface area contributed by atoms with Crippen molar-refractivity contribution in [2.45, 2.75) is 6.42 Å². The summed E-state index contributed by atoms with van der Waals surface area (Å²) in [6.45, 7) is 0. The lowest BCUT2D eigenvalue weighted by atomic mass is 10.0. The minimum absolute atomic E-state index is 0.278. The lowest BCUT2D eigenvalue weighted by Gasteiger charge is -2.14. The van der Waals surface area contributed by atoms with Crippen LogP contribution < -0.4 is 10.3 Å². The minimum atomic E-state index is -1.44.